The minimum Gasteiger partial charge on any atom is -0.342 e. The fraction of sp³-hybridized carbons (Fsp3) is 0.400. The zero-order valence-corrected chi connectivity index (χ0v) is 11.7. The van der Waals surface area contributed by atoms with Gasteiger partial charge in [-0.3, -0.25) is 0 Å². The van der Waals surface area contributed by atoms with E-state index in [1.165, 1.54) is 0 Å². The summed E-state index contributed by atoms with van der Waals surface area (Å²) < 4.78 is 5.42. The van der Waals surface area contributed by atoms with E-state index in [1.807, 2.05) is 24.3 Å². The van der Waals surface area contributed by atoms with Gasteiger partial charge in [0.2, 0.25) is 5.89 Å². The molecule has 108 valence electrons. The summed E-state index contributed by atoms with van der Waals surface area (Å²) >= 11 is 0. The predicted octanol–water partition coefficient (Wildman–Crippen LogP) is 2.00. The van der Waals surface area contributed by atoms with E-state index in [0.29, 0.717) is 18.2 Å². The monoisotopic (exact) mass is 283 g/mol. The van der Waals surface area contributed by atoms with Crippen molar-refractivity contribution in [2.75, 3.05) is 13.1 Å². The van der Waals surface area contributed by atoms with Crippen LogP contribution in [0.2, 0.25) is 0 Å². The summed E-state index contributed by atoms with van der Waals surface area (Å²) in [5, 5.41) is 7.43. The zero-order valence-electron chi connectivity index (χ0n) is 11.7. The first-order chi connectivity index (χ1) is 10.4. The maximum absolute atomic E-state index is 5.42. The molecule has 1 aliphatic heterocycles. The van der Waals surface area contributed by atoms with E-state index in [-0.39, 0.29) is 0 Å². The van der Waals surface area contributed by atoms with E-state index in [1.54, 1.807) is 0 Å². The molecule has 1 aromatic carbocycles. The number of benzene rings is 1. The largest absolute Gasteiger partial charge is 0.342 e. The molecule has 0 amide bonds. The molecule has 1 aliphatic rings. The van der Waals surface area contributed by atoms with Crippen LogP contribution >= 0.6 is 0 Å². The lowest BCUT2D eigenvalue weighted by atomic mass is 9.98. The van der Waals surface area contributed by atoms with E-state index in [4.69, 9.17) is 4.52 Å². The molecule has 6 heteroatoms. The topological polar surface area (TPSA) is 79.6 Å². The fourth-order valence-corrected chi connectivity index (χ4v) is 2.81. The Morgan fingerprint density at radius 2 is 2.00 bits per heavy atom. The number of nitrogens with one attached hydrogen (secondary N) is 2. The van der Waals surface area contributed by atoms with Crippen LogP contribution in [0, 0.1) is 0 Å². The van der Waals surface area contributed by atoms with Gasteiger partial charge in [0.05, 0.1) is 17.5 Å². The highest BCUT2D eigenvalue weighted by Crippen LogP contribution is 2.23. The summed E-state index contributed by atoms with van der Waals surface area (Å²) in [4.78, 5) is 12.4. The van der Waals surface area contributed by atoms with Crippen LogP contribution < -0.4 is 5.32 Å². The predicted molar refractivity (Wildman–Crippen MR) is 78.0 cm³/mol. The van der Waals surface area contributed by atoms with Gasteiger partial charge in [-0.15, -0.1) is 0 Å². The number of rotatable bonds is 3. The van der Waals surface area contributed by atoms with Crippen molar-refractivity contribution in [1.82, 2.24) is 25.4 Å². The van der Waals surface area contributed by atoms with Gasteiger partial charge in [0, 0.05) is 5.92 Å². The third-order valence-electron chi connectivity index (χ3n) is 3.94. The van der Waals surface area contributed by atoms with E-state index in [9.17, 15) is 0 Å². The maximum Gasteiger partial charge on any atom is 0.229 e. The molecule has 4 rings (SSSR count). The molecular formula is C15H17N5O. The van der Waals surface area contributed by atoms with Crippen molar-refractivity contribution < 1.29 is 4.52 Å². The quantitative estimate of drug-likeness (QED) is 0.768. The molecule has 0 saturated carbocycles. The number of fused-ring (bicyclic) bond motifs is 1. The van der Waals surface area contributed by atoms with E-state index < -0.39 is 0 Å². The van der Waals surface area contributed by atoms with Gasteiger partial charge in [-0.25, -0.2) is 4.98 Å². The molecule has 3 heterocycles. The summed E-state index contributed by atoms with van der Waals surface area (Å²) in [5.41, 5.74) is 2.00. The van der Waals surface area contributed by atoms with Crippen molar-refractivity contribution in [2.45, 2.75) is 25.2 Å². The summed E-state index contributed by atoms with van der Waals surface area (Å²) in [6.07, 6.45) is 2.70. The molecular weight excluding hydrogens is 266 g/mol. The Kier molecular flexibility index (Phi) is 3.16. The molecule has 1 saturated heterocycles. The molecule has 0 radical (unpaired) electrons. The summed E-state index contributed by atoms with van der Waals surface area (Å²) in [7, 11) is 0. The third-order valence-corrected chi connectivity index (χ3v) is 3.94. The highest BCUT2D eigenvalue weighted by Gasteiger charge is 2.21. The molecule has 3 aromatic rings. The normalized spacial score (nSPS) is 16.6. The standard InChI is InChI=1S/C15H17N5O/c1-2-4-12-11(3-1)17-13(18-12)9-14-19-15(21-20-14)10-5-7-16-8-6-10/h1-4,10,16H,5-9H2,(H,17,18). The number of piperidine rings is 1. The van der Waals surface area contributed by atoms with Crippen molar-refractivity contribution in [3.05, 3.63) is 41.8 Å². The van der Waals surface area contributed by atoms with Crippen molar-refractivity contribution in [3.63, 3.8) is 0 Å². The first kappa shape index (κ1) is 12.5. The van der Waals surface area contributed by atoms with Crippen molar-refractivity contribution >= 4 is 11.0 Å². The second-order valence-corrected chi connectivity index (χ2v) is 5.45. The Labute approximate surface area is 122 Å². The second kappa shape index (κ2) is 5.29. The van der Waals surface area contributed by atoms with Gasteiger partial charge in [-0.05, 0) is 38.1 Å². The van der Waals surface area contributed by atoms with Crippen LogP contribution in [0.15, 0.2) is 28.8 Å². The molecule has 2 aromatic heterocycles. The lowest BCUT2D eigenvalue weighted by Crippen LogP contribution is -2.26. The number of imidazole rings is 1. The molecule has 0 bridgehead atoms. The number of hydrogen-bond acceptors (Lipinski definition) is 5. The van der Waals surface area contributed by atoms with Crippen LogP contribution in [0.25, 0.3) is 11.0 Å². The van der Waals surface area contributed by atoms with Crippen molar-refractivity contribution in [1.29, 1.82) is 0 Å². The number of hydrogen-bond donors (Lipinski definition) is 2. The van der Waals surface area contributed by atoms with Gasteiger partial charge in [0.15, 0.2) is 5.82 Å². The van der Waals surface area contributed by atoms with E-state index in [0.717, 1.165) is 48.7 Å². The molecule has 6 nitrogen and oxygen atoms in total. The lowest BCUT2D eigenvalue weighted by molar-refractivity contribution is 0.318. The van der Waals surface area contributed by atoms with Crippen LogP contribution in [0.5, 0.6) is 0 Å². The summed E-state index contributed by atoms with van der Waals surface area (Å²) in [5.74, 6) is 2.72. The van der Waals surface area contributed by atoms with Crippen molar-refractivity contribution in [2.24, 2.45) is 0 Å². The highest BCUT2D eigenvalue weighted by atomic mass is 16.5. The second-order valence-electron chi connectivity index (χ2n) is 5.45. The smallest absolute Gasteiger partial charge is 0.229 e. The lowest BCUT2D eigenvalue weighted by Gasteiger charge is -2.18. The zero-order chi connectivity index (χ0) is 14.1. The average molecular weight is 283 g/mol. The SMILES string of the molecule is c1ccc2[nH]c(Cc3noc(C4CCNCC4)n3)nc2c1. The Balaban J connectivity index is 1.52. The van der Waals surface area contributed by atoms with Gasteiger partial charge < -0.3 is 14.8 Å². The minimum absolute atomic E-state index is 0.392. The fourth-order valence-electron chi connectivity index (χ4n) is 2.81. The molecule has 2 N–H and O–H groups in total. The first-order valence-corrected chi connectivity index (χ1v) is 7.35. The van der Waals surface area contributed by atoms with Crippen molar-refractivity contribution in [3.8, 4) is 0 Å². The molecule has 1 fully saturated rings. The molecule has 0 spiro atoms. The Hall–Kier alpha value is -2.21. The molecule has 21 heavy (non-hydrogen) atoms. The van der Waals surface area contributed by atoms with Gasteiger partial charge >= 0.3 is 0 Å². The van der Waals surface area contributed by atoms with Gasteiger partial charge in [-0.1, -0.05) is 17.3 Å². The summed E-state index contributed by atoms with van der Waals surface area (Å²) in [6, 6.07) is 7.99. The van der Waals surface area contributed by atoms with E-state index in [2.05, 4.69) is 25.4 Å². The Morgan fingerprint density at radius 3 is 2.86 bits per heavy atom. The average Bonchev–Trinajstić information content (AvgIpc) is 3.14. The number of aromatic nitrogens is 4. The number of nitrogens with zero attached hydrogens (tertiary/aromatic N) is 3. The highest BCUT2D eigenvalue weighted by molar-refractivity contribution is 5.74. The van der Waals surface area contributed by atoms with Gasteiger partial charge in [-0.2, -0.15) is 4.98 Å². The number of H-pyrrole nitrogens is 1. The van der Waals surface area contributed by atoms with Crippen LogP contribution in [-0.4, -0.2) is 33.2 Å². The minimum atomic E-state index is 0.392. The Morgan fingerprint density at radius 1 is 1.14 bits per heavy atom. The number of aromatic amines is 1. The van der Waals surface area contributed by atoms with E-state index >= 15 is 0 Å². The molecule has 0 unspecified atom stereocenters. The van der Waals surface area contributed by atoms with Gasteiger partial charge in [0.1, 0.15) is 5.82 Å². The summed E-state index contributed by atoms with van der Waals surface area (Å²) in [6.45, 7) is 2.04. The number of para-hydroxylation sites is 2. The van der Waals surface area contributed by atoms with Crippen LogP contribution in [0.1, 0.15) is 36.3 Å². The first-order valence-electron chi connectivity index (χ1n) is 7.35. The molecule has 0 atom stereocenters. The van der Waals surface area contributed by atoms with Crippen LogP contribution in [0.4, 0.5) is 0 Å². The van der Waals surface area contributed by atoms with Gasteiger partial charge in [0.25, 0.3) is 0 Å². The van der Waals surface area contributed by atoms with Crippen LogP contribution in [0.3, 0.4) is 0 Å². The molecule has 0 aliphatic carbocycles. The Bertz CT molecular complexity index is 708. The third kappa shape index (κ3) is 2.54. The van der Waals surface area contributed by atoms with Crippen LogP contribution in [-0.2, 0) is 6.42 Å². The maximum atomic E-state index is 5.42.